The third kappa shape index (κ3) is 4.99. The molecule has 21 heavy (non-hydrogen) atoms. The molecule has 2 saturated carbocycles. The topological polar surface area (TPSA) is 49.9 Å². The minimum atomic E-state index is -0.225. The maximum absolute atomic E-state index is 12.5. The zero-order valence-corrected chi connectivity index (χ0v) is 13.3. The Morgan fingerprint density at radius 3 is 2.24 bits per heavy atom. The van der Waals surface area contributed by atoms with Gasteiger partial charge in [-0.2, -0.15) is 0 Å². The van der Waals surface area contributed by atoms with Gasteiger partial charge in [0.25, 0.3) is 0 Å². The summed E-state index contributed by atoms with van der Waals surface area (Å²) in [7, 11) is 1.91. The highest BCUT2D eigenvalue weighted by molar-refractivity contribution is 5.79. The molecule has 0 saturated heterocycles. The number of likely N-dealkylation sites (N-methyl/N-ethyl adjacent to an activating group) is 1. The Morgan fingerprint density at radius 1 is 1.00 bits per heavy atom. The normalized spacial score (nSPS) is 19.6. The van der Waals surface area contributed by atoms with Crippen molar-refractivity contribution in [1.29, 1.82) is 0 Å². The van der Waals surface area contributed by atoms with Crippen molar-refractivity contribution in [2.75, 3.05) is 26.7 Å². The zero-order chi connectivity index (χ0) is 15.2. The number of nitrogens with zero attached hydrogens (tertiary/aromatic N) is 2. The van der Waals surface area contributed by atoms with Crippen LogP contribution in [0.4, 0.5) is 0 Å². The van der Waals surface area contributed by atoms with Gasteiger partial charge in [0.05, 0.1) is 19.7 Å². The van der Waals surface area contributed by atoms with Gasteiger partial charge in [-0.25, -0.2) is 0 Å². The van der Waals surface area contributed by atoms with Crippen LogP contribution < -0.4 is 0 Å². The monoisotopic (exact) mass is 296 g/mol. The van der Waals surface area contributed by atoms with E-state index in [1.165, 1.54) is 19.3 Å². The van der Waals surface area contributed by atoms with E-state index in [0.29, 0.717) is 25.2 Å². The second-order valence-electron chi connectivity index (χ2n) is 6.24. The summed E-state index contributed by atoms with van der Waals surface area (Å²) in [5.41, 5.74) is 0. The number of rotatable bonds is 7. The van der Waals surface area contributed by atoms with E-state index < -0.39 is 0 Å². The van der Waals surface area contributed by atoms with Crippen LogP contribution in [0.5, 0.6) is 0 Å². The molecule has 5 nitrogen and oxygen atoms in total. The molecule has 0 spiro atoms. The maximum Gasteiger partial charge on any atom is 0.320 e. The average molecular weight is 296 g/mol. The Morgan fingerprint density at radius 2 is 1.67 bits per heavy atom. The van der Waals surface area contributed by atoms with Gasteiger partial charge in [-0.1, -0.05) is 19.3 Å². The van der Waals surface area contributed by atoms with E-state index in [0.717, 1.165) is 25.7 Å². The summed E-state index contributed by atoms with van der Waals surface area (Å²) in [6.45, 7) is 2.79. The molecule has 0 bridgehead atoms. The van der Waals surface area contributed by atoms with Crippen molar-refractivity contribution in [3.05, 3.63) is 0 Å². The molecule has 2 fully saturated rings. The molecule has 0 unspecified atom stereocenters. The van der Waals surface area contributed by atoms with Gasteiger partial charge in [-0.15, -0.1) is 0 Å². The van der Waals surface area contributed by atoms with E-state index in [9.17, 15) is 9.59 Å². The van der Waals surface area contributed by atoms with Crippen LogP contribution in [0.3, 0.4) is 0 Å². The number of hydrogen-bond donors (Lipinski definition) is 0. The highest BCUT2D eigenvalue weighted by Gasteiger charge is 2.33. The molecule has 1 amide bonds. The summed E-state index contributed by atoms with van der Waals surface area (Å²) in [4.78, 5) is 28.0. The van der Waals surface area contributed by atoms with Crippen molar-refractivity contribution in [2.24, 2.45) is 0 Å². The van der Waals surface area contributed by atoms with Gasteiger partial charge in [-0.05, 0) is 32.6 Å². The number of amides is 1. The van der Waals surface area contributed by atoms with Crippen molar-refractivity contribution in [3.8, 4) is 0 Å². The smallest absolute Gasteiger partial charge is 0.320 e. The maximum atomic E-state index is 12.5. The molecule has 2 aliphatic carbocycles. The van der Waals surface area contributed by atoms with Gasteiger partial charge in [-0.3, -0.25) is 14.5 Å². The van der Waals surface area contributed by atoms with E-state index in [1.807, 2.05) is 16.8 Å². The van der Waals surface area contributed by atoms with Gasteiger partial charge in [0.1, 0.15) is 0 Å². The van der Waals surface area contributed by atoms with Crippen LogP contribution in [0.15, 0.2) is 0 Å². The first-order chi connectivity index (χ1) is 10.1. The minimum Gasteiger partial charge on any atom is -0.465 e. The first-order valence-electron chi connectivity index (χ1n) is 8.27. The van der Waals surface area contributed by atoms with Gasteiger partial charge in [0.15, 0.2) is 0 Å². The molecule has 0 radical (unpaired) electrons. The molecule has 0 aromatic carbocycles. The first kappa shape index (κ1) is 16.3. The average Bonchev–Trinajstić information content (AvgIpc) is 3.31. The summed E-state index contributed by atoms with van der Waals surface area (Å²) in [5, 5.41) is 0. The highest BCUT2D eigenvalue weighted by Crippen LogP contribution is 2.27. The number of esters is 1. The van der Waals surface area contributed by atoms with Crippen LogP contribution in [0.25, 0.3) is 0 Å². The largest absolute Gasteiger partial charge is 0.465 e. The van der Waals surface area contributed by atoms with Crippen LogP contribution in [0, 0.1) is 0 Å². The van der Waals surface area contributed by atoms with Crippen molar-refractivity contribution < 1.29 is 14.3 Å². The van der Waals surface area contributed by atoms with E-state index in [1.54, 1.807) is 6.92 Å². The van der Waals surface area contributed by atoms with Crippen LogP contribution in [0.1, 0.15) is 51.9 Å². The predicted octanol–water partition coefficient (Wildman–Crippen LogP) is 1.80. The van der Waals surface area contributed by atoms with Crippen LogP contribution in [-0.4, -0.2) is 60.5 Å². The fourth-order valence-electron chi connectivity index (χ4n) is 3.08. The molecule has 0 heterocycles. The Labute approximate surface area is 127 Å². The lowest BCUT2D eigenvalue weighted by Crippen LogP contribution is -2.46. The van der Waals surface area contributed by atoms with Crippen LogP contribution in [-0.2, 0) is 14.3 Å². The standard InChI is InChI=1S/C16H28N2O3/c1-3-21-16(20)12-18(14-9-10-14)11-15(19)17(2)13-7-5-4-6-8-13/h13-14H,3-12H2,1-2H3. The van der Waals surface area contributed by atoms with Crippen LogP contribution >= 0.6 is 0 Å². The fourth-order valence-corrected chi connectivity index (χ4v) is 3.08. The second kappa shape index (κ2) is 7.78. The second-order valence-corrected chi connectivity index (χ2v) is 6.24. The third-order valence-corrected chi connectivity index (χ3v) is 4.55. The molecule has 0 aromatic rings. The van der Waals surface area contributed by atoms with Gasteiger partial charge in [0.2, 0.25) is 5.91 Å². The first-order valence-corrected chi connectivity index (χ1v) is 8.27. The Kier molecular flexibility index (Phi) is 6.03. The fraction of sp³-hybridized carbons (Fsp3) is 0.875. The predicted molar refractivity (Wildman–Crippen MR) is 80.9 cm³/mol. The zero-order valence-electron chi connectivity index (χ0n) is 13.3. The SMILES string of the molecule is CCOC(=O)CN(CC(=O)N(C)C1CCCCC1)C1CC1. The summed E-state index contributed by atoms with van der Waals surface area (Å²) < 4.78 is 5.00. The molecule has 2 rings (SSSR count). The van der Waals surface area contributed by atoms with Crippen molar-refractivity contribution in [2.45, 2.75) is 64.0 Å². The molecule has 0 aromatic heterocycles. The summed E-state index contributed by atoms with van der Waals surface area (Å²) in [6.07, 6.45) is 8.12. The number of carbonyl (C=O) groups is 2. The van der Waals surface area contributed by atoms with Gasteiger partial charge in [0, 0.05) is 19.1 Å². The Balaban J connectivity index is 1.83. The lowest BCUT2D eigenvalue weighted by Gasteiger charge is -2.33. The lowest BCUT2D eigenvalue weighted by molar-refractivity contribution is -0.145. The van der Waals surface area contributed by atoms with Crippen molar-refractivity contribution in [1.82, 2.24) is 9.80 Å². The quantitative estimate of drug-likeness (QED) is 0.672. The Hall–Kier alpha value is -1.10. The molecule has 120 valence electrons. The number of hydrogen-bond acceptors (Lipinski definition) is 4. The Bertz CT molecular complexity index is 363. The molecule has 2 aliphatic rings. The lowest BCUT2D eigenvalue weighted by atomic mass is 9.94. The molecular formula is C16H28N2O3. The van der Waals surface area contributed by atoms with E-state index in [2.05, 4.69) is 0 Å². The van der Waals surface area contributed by atoms with Gasteiger partial charge >= 0.3 is 5.97 Å². The van der Waals surface area contributed by atoms with Crippen molar-refractivity contribution in [3.63, 3.8) is 0 Å². The number of carbonyl (C=O) groups excluding carboxylic acids is 2. The van der Waals surface area contributed by atoms with E-state index in [-0.39, 0.29) is 18.4 Å². The molecule has 0 aliphatic heterocycles. The van der Waals surface area contributed by atoms with Crippen molar-refractivity contribution >= 4 is 11.9 Å². The summed E-state index contributed by atoms with van der Waals surface area (Å²) >= 11 is 0. The van der Waals surface area contributed by atoms with Crippen LogP contribution in [0.2, 0.25) is 0 Å². The number of ether oxygens (including phenoxy) is 1. The molecule has 0 N–H and O–H groups in total. The molecule has 0 atom stereocenters. The summed E-state index contributed by atoms with van der Waals surface area (Å²) in [5.74, 6) is -0.0874. The summed E-state index contributed by atoms with van der Waals surface area (Å²) in [6, 6.07) is 0.771. The van der Waals surface area contributed by atoms with Gasteiger partial charge < -0.3 is 9.64 Å². The molecule has 5 heteroatoms. The van der Waals surface area contributed by atoms with E-state index in [4.69, 9.17) is 4.74 Å². The van der Waals surface area contributed by atoms with E-state index >= 15 is 0 Å². The molecular weight excluding hydrogens is 268 g/mol. The minimum absolute atomic E-state index is 0.137. The highest BCUT2D eigenvalue weighted by atomic mass is 16.5. The third-order valence-electron chi connectivity index (χ3n) is 4.55.